The molecular weight excluding hydrogens is 719 g/mol. The Bertz CT molecular complexity index is 2260. The first-order valence-corrected chi connectivity index (χ1v) is 19.9. The fraction of sp³-hybridized carbons (Fsp3) is 0.381. The molecule has 2 aromatic carbocycles. The van der Waals surface area contributed by atoms with Crippen LogP contribution in [-0.2, 0) is 13.1 Å². The summed E-state index contributed by atoms with van der Waals surface area (Å²) in [5.41, 5.74) is 7.84. The maximum atomic E-state index is 13.7. The maximum Gasteiger partial charge on any atom is 0.275 e. The van der Waals surface area contributed by atoms with Crippen molar-refractivity contribution in [1.82, 2.24) is 39.2 Å². The third-order valence-electron chi connectivity index (χ3n) is 11.2. The summed E-state index contributed by atoms with van der Waals surface area (Å²) < 4.78 is 7.47. The summed E-state index contributed by atoms with van der Waals surface area (Å²) in [5, 5.41) is 15.1. The second-order valence-corrected chi connectivity index (χ2v) is 15.6. The average Bonchev–Trinajstić information content (AvgIpc) is 3.99. The van der Waals surface area contributed by atoms with E-state index in [0.29, 0.717) is 46.3 Å². The van der Waals surface area contributed by atoms with Crippen LogP contribution in [0.3, 0.4) is 0 Å². The van der Waals surface area contributed by atoms with Gasteiger partial charge < -0.3 is 39.2 Å². The molecule has 2 atom stereocenters. The fourth-order valence-corrected chi connectivity index (χ4v) is 8.90. The standard InChI is InChI=1S/C42H48Cl2N8O2/c1-27-23-49-25-29(19-37(49)41(53)51(27)17-15-45-21-31-7-5-13-47-31)33-9-3-11-35(39(33)43)36-12-4-10-34(40(36)44)30-20-38-42(54)52(28(2)24-50(38)26-30)18-16-46-22-32-8-6-14-48-32/h3-4,9-12,19-20,23-26,31-32,45-48H,5-8,13-18,21-22H2,1-2H3. The van der Waals surface area contributed by atoms with Gasteiger partial charge in [-0.2, -0.15) is 0 Å². The summed E-state index contributed by atoms with van der Waals surface area (Å²) in [6.45, 7) is 10.6. The van der Waals surface area contributed by atoms with E-state index in [1.807, 2.05) is 105 Å². The molecule has 8 rings (SSSR count). The van der Waals surface area contributed by atoms with E-state index < -0.39 is 0 Å². The summed E-state index contributed by atoms with van der Waals surface area (Å²) in [4.78, 5) is 27.4. The maximum absolute atomic E-state index is 13.7. The highest BCUT2D eigenvalue weighted by molar-refractivity contribution is 6.39. The molecule has 2 fully saturated rings. The average molecular weight is 768 g/mol. The van der Waals surface area contributed by atoms with Gasteiger partial charge in [0.15, 0.2) is 0 Å². The Morgan fingerprint density at radius 2 is 1.07 bits per heavy atom. The van der Waals surface area contributed by atoms with Crippen LogP contribution in [0.2, 0.25) is 10.0 Å². The molecule has 10 nitrogen and oxygen atoms in total. The number of nitrogens with zero attached hydrogens (tertiary/aromatic N) is 4. The van der Waals surface area contributed by atoms with Crippen LogP contribution >= 0.6 is 23.2 Å². The van der Waals surface area contributed by atoms with Crippen molar-refractivity contribution in [2.45, 2.75) is 64.7 Å². The van der Waals surface area contributed by atoms with Crippen LogP contribution in [0.5, 0.6) is 0 Å². The minimum absolute atomic E-state index is 0.0273. The normalized spacial score (nSPS) is 17.4. The second-order valence-electron chi connectivity index (χ2n) is 14.8. The molecule has 0 radical (unpaired) electrons. The quantitative estimate of drug-likeness (QED) is 0.106. The van der Waals surface area contributed by atoms with Crippen molar-refractivity contribution in [3.63, 3.8) is 0 Å². The predicted octanol–water partition coefficient (Wildman–Crippen LogP) is 6.12. The molecule has 282 valence electrons. The molecule has 2 aliphatic heterocycles. The lowest BCUT2D eigenvalue weighted by Gasteiger charge is -2.14. The number of rotatable bonds is 13. The Kier molecular flexibility index (Phi) is 10.8. The van der Waals surface area contributed by atoms with Gasteiger partial charge in [-0.25, -0.2) is 0 Å². The third-order valence-corrected chi connectivity index (χ3v) is 12.0. The molecule has 54 heavy (non-hydrogen) atoms. The first-order chi connectivity index (χ1) is 26.3. The first kappa shape index (κ1) is 36.8. The van der Waals surface area contributed by atoms with E-state index >= 15 is 0 Å². The van der Waals surface area contributed by atoms with Crippen molar-refractivity contribution in [3.05, 3.63) is 115 Å². The Morgan fingerprint density at radius 3 is 1.48 bits per heavy atom. The molecule has 2 aliphatic rings. The molecular formula is C42H48Cl2N8O2. The summed E-state index contributed by atoms with van der Waals surface area (Å²) in [7, 11) is 0. The molecule has 2 unspecified atom stereocenters. The van der Waals surface area contributed by atoms with Crippen molar-refractivity contribution in [2.24, 2.45) is 0 Å². The molecule has 6 aromatic rings. The zero-order valence-electron chi connectivity index (χ0n) is 30.9. The van der Waals surface area contributed by atoms with Gasteiger partial charge in [-0.1, -0.05) is 59.6 Å². The molecule has 2 saturated heterocycles. The van der Waals surface area contributed by atoms with Gasteiger partial charge in [-0.05, 0) is 64.8 Å². The van der Waals surface area contributed by atoms with Gasteiger partial charge in [-0.3, -0.25) is 9.59 Å². The van der Waals surface area contributed by atoms with Crippen molar-refractivity contribution >= 4 is 34.2 Å². The monoisotopic (exact) mass is 766 g/mol. The van der Waals surface area contributed by atoms with Crippen LogP contribution in [0.25, 0.3) is 44.4 Å². The summed E-state index contributed by atoms with van der Waals surface area (Å²) in [6, 6.07) is 16.7. The number of benzene rings is 2. The van der Waals surface area contributed by atoms with E-state index in [0.717, 1.165) is 84.0 Å². The molecule has 6 heterocycles. The number of hydrogen-bond donors (Lipinski definition) is 4. The smallest absolute Gasteiger partial charge is 0.275 e. The van der Waals surface area contributed by atoms with Gasteiger partial charge in [-0.15, -0.1) is 0 Å². The van der Waals surface area contributed by atoms with E-state index in [1.54, 1.807) is 0 Å². The van der Waals surface area contributed by atoms with E-state index in [9.17, 15) is 9.59 Å². The molecule has 0 spiro atoms. The van der Waals surface area contributed by atoms with E-state index in [4.69, 9.17) is 23.2 Å². The molecule has 0 amide bonds. The highest BCUT2D eigenvalue weighted by Gasteiger charge is 2.20. The number of fused-ring (bicyclic) bond motifs is 2. The lowest BCUT2D eigenvalue weighted by molar-refractivity contribution is 0.508. The number of nitrogens with one attached hydrogen (secondary N) is 4. The first-order valence-electron chi connectivity index (χ1n) is 19.2. The summed E-state index contributed by atoms with van der Waals surface area (Å²) >= 11 is 14.4. The predicted molar refractivity (Wildman–Crippen MR) is 220 cm³/mol. The van der Waals surface area contributed by atoms with Crippen molar-refractivity contribution in [3.8, 4) is 33.4 Å². The fourth-order valence-electron chi connectivity index (χ4n) is 8.23. The second kappa shape index (κ2) is 15.9. The number of hydrogen-bond acceptors (Lipinski definition) is 6. The van der Waals surface area contributed by atoms with Gasteiger partial charge in [0, 0.05) is 121 Å². The van der Waals surface area contributed by atoms with Crippen LogP contribution in [0.15, 0.2) is 82.9 Å². The van der Waals surface area contributed by atoms with Gasteiger partial charge in [0.1, 0.15) is 11.0 Å². The largest absolute Gasteiger partial charge is 0.317 e. The lowest BCUT2D eigenvalue weighted by Crippen LogP contribution is -2.36. The molecule has 12 heteroatoms. The van der Waals surface area contributed by atoms with E-state index in [-0.39, 0.29) is 11.1 Å². The minimum Gasteiger partial charge on any atom is -0.317 e. The van der Waals surface area contributed by atoms with Crippen molar-refractivity contribution in [2.75, 3.05) is 39.3 Å². The Labute approximate surface area is 325 Å². The molecule has 4 N–H and O–H groups in total. The van der Waals surface area contributed by atoms with Gasteiger partial charge in [0.2, 0.25) is 0 Å². The zero-order valence-corrected chi connectivity index (χ0v) is 32.4. The number of aromatic nitrogens is 4. The highest BCUT2D eigenvalue weighted by atomic mass is 35.5. The van der Waals surface area contributed by atoms with Crippen LogP contribution in [-0.4, -0.2) is 69.3 Å². The minimum atomic E-state index is -0.0273. The Morgan fingerprint density at radius 1 is 0.648 bits per heavy atom. The van der Waals surface area contributed by atoms with Crippen LogP contribution in [0.1, 0.15) is 37.1 Å². The molecule has 0 aliphatic carbocycles. The van der Waals surface area contributed by atoms with Gasteiger partial charge >= 0.3 is 0 Å². The van der Waals surface area contributed by atoms with Gasteiger partial charge in [0.25, 0.3) is 11.1 Å². The number of halogens is 2. The Hall–Kier alpha value is -4.16. The lowest BCUT2D eigenvalue weighted by atomic mass is 9.97. The van der Waals surface area contributed by atoms with Crippen molar-refractivity contribution in [1.29, 1.82) is 0 Å². The summed E-state index contributed by atoms with van der Waals surface area (Å²) in [5.74, 6) is 0. The zero-order chi connectivity index (χ0) is 37.3. The van der Waals surface area contributed by atoms with Crippen molar-refractivity contribution < 1.29 is 0 Å². The molecule has 4 aromatic heterocycles. The molecule has 0 bridgehead atoms. The van der Waals surface area contributed by atoms with Crippen LogP contribution in [0, 0.1) is 13.8 Å². The van der Waals surface area contributed by atoms with Crippen LogP contribution in [0.4, 0.5) is 0 Å². The molecule has 0 saturated carbocycles. The van der Waals surface area contributed by atoms with E-state index in [2.05, 4.69) is 21.3 Å². The SMILES string of the molecule is Cc1cn2cc(-c3cccc(-c4cccc(-c5cc6c(=O)n(CCNCC7CCCN7)c(C)cn6c5)c4Cl)c3Cl)cc2c(=O)n1CCNCC1CCCN1. The Balaban J connectivity index is 1.04. The topological polar surface area (TPSA) is 101 Å². The highest BCUT2D eigenvalue weighted by Crippen LogP contribution is 2.42. The third kappa shape index (κ3) is 7.31. The van der Waals surface area contributed by atoms with E-state index in [1.165, 1.54) is 25.7 Å². The summed E-state index contributed by atoms with van der Waals surface area (Å²) in [6.07, 6.45) is 12.8. The van der Waals surface area contributed by atoms with Crippen LogP contribution < -0.4 is 32.4 Å². The number of aryl methyl sites for hydroxylation is 2. The van der Waals surface area contributed by atoms with Gasteiger partial charge in [0.05, 0.1) is 10.0 Å².